The summed E-state index contributed by atoms with van der Waals surface area (Å²) in [5.41, 5.74) is 2.37. The number of nitrogens with zero attached hydrogens (tertiary/aromatic N) is 2. The van der Waals surface area contributed by atoms with Crippen molar-refractivity contribution in [1.29, 1.82) is 0 Å². The van der Waals surface area contributed by atoms with Gasteiger partial charge in [-0.05, 0) is 47.5 Å². The summed E-state index contributed by atoms with van der Waals surface area (Å²) in [6, 6.07) is 31.8. The molecule has 0 fully saturated rings. The molecule has 0 spiro atoms. The summed E-state index contributed by atoms with van der Waals surface area (Å²) in [6.07, 6.45) is -0.898. The van der Waals surface area contributed by atoms with Crippen LogP contribution in [0.1, 0.15) is 11.1 Å². The Morgan fingerprint density at radius 1 is 0.881 bits per heavy atom. The zero-order valence-corrected chi connectivity index (χ0v) is 23.9. The number of nitrogens with one attached hydrogen (secondary N) is 1. The minimum Gasteiger partial charge on any atom is -0.484 e. The summed E-state index contributed by atoms with van der Waals surface area (Å²) in [5.74, 6) is 0.0601. The standard InChI is InChI=1S/C32H31N3O6S/c1-34(21-25-12-6-3-7-13-25)42(38,39)27-18-16-26(17-19-27)40-23-31(36)35-22-30(41-29-15-9-8-14-28(29)35)32(37)33-20-24-10-4-2-5-11-24/h2-19,30H,20-23H2,1H3,(H,33,37)/t30-/m0/s1. The first-order chi connectivity index (χ1) is 20.3. The van der Waals surface area contributed by atoms with Crippen molar-refractivity contribution in [3.05, 3.63) is 120 Å². The number of fused-ring (bicyclic) bond motifs is 1. The molecule has 1 heterocycles. The van der Waals surface area contributed by atoms with Crippen LogP contribution in [0, 0.1) is 0 Å². The Kier molecular flexibility index (Phi) is 8.85. The van der Waals surface area contributed by atoms with Crippen LogP contribution in [0.2, 0.25) is 0 Å². The molecule has 1 atom stereocenters. The van der Waals surface area contributed by atoms with E-state index in [1.54, 1.807) is 24.3 Å². The molecule has 1 aliphatic heterocycles. The number of anilines is 1. The normalized spacial score (nSPS) is 14.5. The molecule has 0 saturated heterocycles. The van der Waals surface area contributed by atoms with Gasteiger partial charge in [0.25, 0.3) is 11.8 Å². The lowest BCUT2D eigenvalue weighted by molar-refractivity contribution is -0.128. The molecule has 2 amide bonds. The van der Waals surface area contributed by atoms with Crippen LogP contribution in [0.5, 0.6) is 11.5 Å². The van der Waals surface area contributed by atoms with Crippen LogP contribution in [0.15, 0.2) is 114 Å². The fourth-order valence-corrected chi connectivity index (χ4v) is 5.70. The molecular formula is C32H31N3O6S. The van der Waals surface area contributed by atoms with Gasteiger partial charge in [-0.3, -0.25) is 9.59 Å². The molecule has 10 heteroatoms. The highest BCUT2D eigenvalue weighted by molar-refractivity contribution is 7.89. The van der Waals surface area contributed by atoms with Crippen molar-refractivity contribution in [3.63, 3.8) is 0 Å². The molecule has 0 radical (unpaired) electrons. The minimum absolute atomic E-state index is 0.0186. The van der Waals surface area contributed by atoms with E-state index in [2.05, 4.69) is 5.32 Å². The topological polar surface area (TPSA) is 105 Å². The lowest BCUT2D eigenvalue weighted by Gasteiger charge is -2.34. The Balaban J connectivity index is 1.21. The summed E-state index contributed by atoms with van der Waals surface area (Å²) < 4.78 is 39.0. The maximum absolute atomic E-state index is 13.3. The van der Waals surface area contributed by atoms with E-state index >= 15 is 0 Å². The van der Waals surface area contributed by atoms with Gasteiger partial charge in [-0.15, -0.1) is 0 Å². The fraction of sp³-hybridized carbons (Fsp3) is 0.188. The average Bonchev–Trinajstić information content (AvgIpc) is 3.03. The van der Waals surface area contributed by atoms with Crippen LogP contribution in [0.3, 0.4) is 0 Å². The van der Waals surface area contributed by atoms with E-state index < -0.39 is 16.1 Å². The van der Waals surface area contributed by atoms with Gasteiger partial charge in [0.2, 0.25) is 10.0 Å². The van der Waals surface area contributed by atoms with E-state index in [0.717, 1.165) is 11.1 Å². The maximum Gasteiger partial charge on any atom is 0.265 e. The van der Waals surface area contributed by atoms with Gasteiger partial charge in [-0.25, -0.2) is 8.42 Å². The molecule has 0 saturated carbocycles. The third kappa shape index (κ3) is 6.79. The maximum atomic E-state index is 13.3. The predicted molar refractivity (Wildman–Crippen MR) is 159 cm³/mol. The molecule has 216 valence electrons. The van der Waals surface area contributed by atoms with E-state index in [1.165, 1.54) is 40.5 Å². The summed E-state index contributed by atoms with van der Waals surface area (Å²) >= 11 is 0. The zero-order valence-electron chi connectivity index (χ0n) is 23.1. The van der Waals surface area contributed by atoms with Crippen LogP contribution in [0.25, 0.3) is 0 Å². The van der Waals surface area contributed by atoms with E-state index in [0.29, 0.717) is 23.7 Å². The smallest absolute Gasteiger partial charge is 0.265 e. The van der Waals surface area contributed by atoms with Crippen molar-refractivity contribution in [2.75, 3.05) is 25.1 Å². The molecule has 4 aromatic rings. The highest BCUT2D eigenvalue weighted by atomic mass is 32.2. The number of sulfonamides is 1. The quantitative estimate of drug-likeness (QED) is 0.302. The molecule has 0 bridgehead atoms. The third-order valence-corrected chi connectivity index (χ3v) is 8.64. The van der Waals surface area contributed by atoms with Crippen LogP contribution < -0.4 is 19.7 Å². The number of hydrogen-bond acceptors (Lipinski definition) is 6. The van der Waals surface area contributed by atoms with Gasteiger partial charge in [0, 0.05) is 20.1 Å². The summed E-state index contributed by atoms with van der Waals surface area (Å²) in [6.45, 7) is 0.283. The van der Waals surface area contributed by atoms with Gasteiger partial charge in [0.1, 0.15) is 11.5 Å². The average molecular weight is 586 g/mol. The Labute approximate surface area is 245 Å². The van der Waals surface area contributed by atoms with E-state index in [4.69, 9.17) is 9.47 Å². The van der Waals surface area contributed by atoms with Crippen LogP contribution in [0.4, 0.5) is 5.69 Å². The second-order valence-electron chi connectivity index (χ2n) is 9.79. The van der Waals surface area contributed by atoms with Gasteiger partial charge in [0.05, 0.1) is 17.1 Å². The van der Waals surface area contributed by atoms with Gasteiger partial charge < -0.3 is 19.7 Å². The van der Waals surface area contributed by atoms with E-state index in [-0.39, 0.29) is 36.4 Å². The van der Waals surface area contributed by atoms with Crippen molar-refractivity contribution in [3.8, 4) is 11.5 Å². The van der Waals surface area contributed by atoms with Crippen molar-refractivity contribution >= 4 is 27.5 Å². The first kappa shape index (κ1) is 28.8. The second-order valence-corrected chi connectivity index (χ2v) is 11.8. The van der Waals surface area contributed by atoms with Crippen molar-refractivity contribution < 1.29 is 27.5 Å². The van der Waals surface area contributed by atoms with E-state index in [1.807, 2.05) is 60.7 Å². The number of amides is 2. The number of carbonyl (C=O) groups excluding carboxylic acids is 2. The predicted octanol–water partition coefficient (Wildman–Crippen LogP) is 4.00. The van der Waals surface area contributed by atoms with Crippen LogP contribution in [-0.2, 0) is 32.7 Å². The largest absolute Gasteiger partial charge is 0.484 e. The third-order valence-electron chi connectivity index (χ3n) is 6.82. The van der Waals surface area contributed by atoms with Crippen LogP contribution in [-0.4, -0.2) is 50.8 Å². The number of benzene rings is 4. The molecule has 9 nitrogen and oxygen atoms in total. The molecule has 0 unspecified atom stereocenters. The molecular weight excluding hydrogens is 554 g/mol. The summed E-state index contributed by atoms with van der Waals surface area (Å²) in [5, 5.41) is 2.87. The van der Waals surface area contributed by atoms with Crippen molar-refractivity contribution in [2.45, 2.75) is 24.1 Å². The van der Waals surface area contributed by atoms with Crippen molar-refractivity contribution in [1.82, 2.24) is 9.62 Å². The van der Waals surface area contributed by atoms with Gasteiger partial charge in [-0.2, -0.15) is 4.31 Å². The number of hydrogen-bond donors (Lipinski definition) is 1. The number of ether oxygens (including phenoxy) is 2. The fourth-order valence-electron chi connectivity index (χ4n) is 4.54. The number of rotatable bonds is 10. The Morgan fingerprint density at radius 2 is 1.50 bits per heavy atom. The highest BCUT2D eigenvalue weighted by Crippen LogP contribution is 2.33. The molecule has 5 rings (SSSR count). The summed E-state index contributed by atoms with van der Waals surface area (Å²) in [7, 11) is -2.19. The molecule has 42 heavy (non-hydrogen) atoms. The lowest BCUT2D eigenvalue weighted by atomic mass is 10.1. The SMILES string of the molecule is CN(Cc1ccccc1)S(=O)(=O)c1ccc(OCC(=O)N2C[C@@H](C(=O)NCc3ccccc3)Oc3ccccc32)cc1. The Hall–Kier alpha value is -4.67. The van der Waals surface area contributed by atoms with Gasteiger partial charge >= 0.3 is 0 Å². The molecule has 1 N–H and O–H groups in total. The molecule has 1 aliphatic rings. The monoisotopic (exact) mass is 585 g/mol. The molecule has 0 aromatic heterocycles. The second kappa shape index (κ2) is 12.9. The first-order valence-electron chi connectivity index (χ1n) is 13.4. The summed E-state index contributed by atoms with van der Waals surface area (Å²) in [4.78, 5) is 27.8. The lowest BCUT2D eigenvalue weighted by Crippen LogP contribution is -2.51. The first-order valence-corrected chi connectivity index (χ1v) is 14.9. The number of carbonyl (C=O) groups is 2. The Morgan fingerprint density at radius 3 is 2.19 bits per heavy atom. The van der Waals surface area contributed by atoms with Crippen molar-refractivity contribution in [2.24, 2.45) is 0 Å². The van der Waals surface area contributed by atoms with Crippen LogP contribution >= 0.6 is 0 Å². The highest BCUT2D eigenvalue weighted by Gasteiger charge is 2.34. The van der Waals surface area contributed by atoms with Gasteiger partial charge in [0.15, 0.2) is 12.7 Å². The zero-order chi connectivity index (χ0) is 29.5. The van der Waals surface area contributed by atoms with Gasteiger partial charge in [-0.1, -0.05) is 72.8 Å². The van der Waals surface area contributed by atoms with E-state index in [9.17, 15) is 18.0 Å². The Bertz CT molecular complexity index is 1630. The molecule has 4 aromatic carbocycles. The number of para-hydroxylation sites is 2. The molecule has 0 aliphatic carbocycles. The minimum atomic E-state index is -3.72.